The van der Waals surface area contributed by atoms with Crippen LogP contribution in [-0.4, -0.2) is 11.0 Å². The first kappa shape index (κ1) is 17.2. The largest absolute Gasteiger partial charge is 0.422 e. The number of pyridine rings is 1. The molecule has 3 nitrogen and oxygen atoms in total. The molecule has 0 radical (unpaired) electrons. The molecule has 0 spiro atoms. The summed E-state index contributed by atoms with van der Waals surface area (Å²) in [5.74, 6) is 0.805. The van der Waals surface area contributed by atoms with Crippen molar-refractivity contribution < 1.29 is 9.53 Å². The van der Waals surface area contributed by atoms with Gasteiger partial charge in [0.25, 0.3) is 0 Å². The van der Waals surface area contributed by atoms with Gasteiger partial charge < -0.3 is 4.74 Å². The van der Waals surface area contributed by atoms with E-state index in [-0.39, 0.29) is 0 Å². The van der Waals surface area contributed by atoms with E-state index in [1.165, 1.54) is 5.56 Å². The van der Waals surface area contributed by atoms with Crippen molar-refractivity contribution >= 4 is 5.97 Å². The van der Waals surface area contributed by atoms with E-state index in [4.69, 9.17) is 4.74 Å². The number of benzene rings is 1. The molecule has 0 fully saturated rings. The Labute approximate surface area is 138 Å². The molecule has 1 aromatic carbocycles. The minimum absolute atomic E-state index is 0.341. The number of carbonyl (C=O) groups is 1. The van der Waals surface area contributed by atoms with Gasteiger partial charge in [-0.25, -0.2) is 9.78 Å². The number of hydrogen-bond donors (Lipinski definition) is 0. The molecule has 1 atom stereocenters. The van der Waals surface area contributed by atoms with Gasteiger partial charge in [0, 0.05) is 6.20 Å². The van der Waals surface area contributed by atoms with E-state index in [0.29, 0.717) is 17.4 Å². The van der Waals surface area contributed by atoms with Gasteiger partial charge >= 0.3 is 5.97 Å². The molecule has 1 heterocycles. The van der Waals surface area contributed by atoms with Crippen LogP contribution in [0, 0.1) is 5.92 Å². The highest BCUT2D eigenvalue weighted by Crippen LogP contribution is 2.17. The zero-order valence-corrected chi connectivity index (χ0v) is 14.2. The second kappa shape index (κ2) is 8.47. The molecule has 1 unspecified atom stereocenters. The van der Waals surface area contributed by atoms with Crippen LogP contribution in [0.15, 0.2) is 42.6 Å². The number of aromatic nitrogens is 1. The minimum atomic E-state index is -0.414. The number of aryl methyl sites for hydroxylation is 1. The third-order valence-electron chi connectivity index (χ3n) is 3.99. The lowest BCUT2D eigenvalue weighted by Crippen LogP contribution is -2.10. The number of nitrogens with zero attached hydrogens (tertiary/aromatic N) is 1. The van der Waals surface area contributed by atoms with Gasteiger partial charge in [0.2, 0.25) is 0 Å². The van der Waals surface area contributed by atoms with Crippen molar-refractivity contribution in [2.75, 3.05) is 0 Å². The van der Waals surface area contributed by atoms with Gasteiger partial charge in [-0.3, -0.25) is 0 Å². The summed E-state index contributed by atoms with van der Waals surface area (Å²) in [6, 6.07) is 11.4. The minimum Gasteiger partial charge on any atom is -0.422 e. The van der Waals surface area contributed by atoms with E-state index in [1.807, 2.05) is 30.3 Å². The van der Waals surface area contributed by atoms with Gasteiger partial charge in [-0.15, -0.1) is 0 Å². The van der Waals surface area contributed by atoms with E-state index in [2.05, 4.69) is 25.8 Å². The van der Waals surface area contributed by atoms with Gasteiger partial charge in [-0.1, -0.05) is 51.8 Å². The molecular weight excluding hydrogens is 286 g/mol. The Balaban J connectivity index is 1.96. The fourth-order valence-corrected chi connectivity index (χ4v) is 2.38. The first-order chi connectivity index (χ1) is 11.1. The van der Waals surface area contributed by atoms with E-state index in [0.717, 1.165) is 31.2 Å². The number of hydrogen-bond acceptors (Lipinski definition) is 3. The van der Waals surface area contributed by atoms with E-state index < -0.39 is 5.97 Å². The first-order valence-electron chi connectivity index (χ1n) is 8.38. The third kappa shape index (κ3) is 5.20. The van der Waals surface area contributed by atoms with Crippen LogP contribution in [0.1, 0.15) is 55.2 Å². The fourth-order valence-electron chi connectivity index (χ4n) is 2.38. The Hall–Kier alpha value is -2.16. The van der Waals surface area contributed by atoms with Crippen molar-refractivity contribution in [2.45, 2.75) is 46.5 Å². The van der Waals surface area contributed by atoms with Gasteiger partial charge in [0.15, 0.2) is 0 Å². The average Bonchev–Trinajstić information content (AvgIpc) is 2.57. The predicted octanol–water partition coefficient (Wildman–Crippen LogP) is 4.84. The first-order valence-corrected chi connectivity index (χ1v) is 8.38. The third-order valence-corrected chi connectivity index (χ3v) is 3.99. The number of ether oxygens (including phenoxy) is 1. The monoisotopic (exact) mass is 311 g/mol. The standard InChI is InChI=1S/C20H25NO2/c1-4-6-17-9-12-19(21-14-17)20(22)23-18-10-7-16(8-11-18)13-15(3)5-2/h7-12,14-15H,4-6,13H2,1-3H3. The Morgan fingerprint density at radius 3 is 2.35 bits per heavy atom. The lowest BCUT2D eigenvalue weighted by molar-refractivity contribution is 0.0728. The van der Waals surface area contributed by atoms with Crippen LogP contribution >= 0.6 is 0 Å². The van der Waals surface area contributed by atoms with Crippen molar-refractivity contribution in [3.8, 4) is 5.75 Å². The fraction of sp³-hybridized carbons (Fsp3) is 0.400. The Bertz CT molecular complexity index is 617. The second-order valence-corrected chi connectivity index (χ2v) is 6.05. The Morgan fingerprint density at radius 1 is 1.09 bits per heavy atom. The van der Waals surface area contributed by atoms with Gasteiger partial charge in [0.05, 0.1) is 0 Å². The summed E-state index contributed by atoms with van der Waals surface area (Å²) in [6.07, 6.45) is 5.99. The number of esters is 1. The molecule has 0 N–H and O–H groups in total. The van der Waals surface area contributed by atoms with Gasteiger partial charge in [-0.05, 0) is 48.1 Å². The van der Waals surface area contributed by atoms with E-state index >= 15 is 0 Å². The second-order valence-electron chi connectivity index (χ2n) is 6.05. The van der Waals surface area contributed by atoms with Crippen LogP contribution in [0.3, 0.4) is 0 Å². The molecular formula is C20H25NO2. The highest BCUT2D eigenvalue weighted by atomic mass is 16.5. The lowest BCUT2D eigenvalue weighted by atomic mass is 9.99. The molecule has 0 bridgehead atoms. The lowest BCUT2D eigenvalue weighted by Gasteiger charge is -2.09. The van der Waals surface area contributed by atoms with Gasteiger partial charge in [-0.2, -0.15) is 0 Å². The van der Waals surface area contributed by atoms with Crippen molar-refractivity contribution in [1.82, 2.24) is 4.98 Å². The zero-order chi connectivity index (χ0) is 16.7. The topological polar surface area (TPSA) is 39.2 Å². The van der Waals surface area contributed by atoms with Crippen molar-refractivity contribution in [2.24, 2.45) is 5.92 Å². The number of carbonyl (C=O) groups excluding carboxylic acids is 1. The highest BCUT2D eigenvalue weighted by Gasteiger charge is 2.10. The maximum atomic E-state index is 12.1. The SMILES string of the molecule is CCCc1ccc(C(=O)Oc2ccc(CC(C)CC)cc2)nc1. The maximum absolute atomic E-state index is 12.1. The summed E-state index contributed by atoms with van der Waals surface area (Å²) in [7, 11) is 0. The Kier molecular flexibility index (Phi) is 6.33. The zero-order valence-electron chi connectivity index (χ0n) is 14.2. The summed E-state index contributed by atoms with van der Waals surface area (Å²) in [4.78, 5) is 16.3. The molecule has 2 rings (SSSR count). The highest BCUT2D eigenvalue weighted by molar-refractivity contribution is 5.88. The molecule has 0 aliphatic rings. The molecule has 0 amide bonds. The molecule has 23 heavy (non-hydrogen) atoms. The molecule has 0 aliphatic heterocycles. The average molecular weight is 311 g/mol. The van der Waals surface area contributed by atoms with Crippen LogP contribution in [-0.2, 0) is 12.8 Å². The normalized spacial score (nSPS) is 12.0. The summed E-state index contributed by atoms with van der Waals surface area (Å²) < 4.78 is 5.39. The molecule has 0 saturated carbocycles. The molecule has 3 heteroatoms. The maximum Gasteiger partial charge on any atom is 0.362 e. The molecule has 2 aromatic rings. The van der Waals surface area contributed by atoms with Crippen molar-refractivity contribution in [1.29, 1.82) is 0 Å². The van der Waals surface area contributed by atoms with E-state index in [9.17, 15) is 4.79 Å². The summed E-state index contributed by atoms with van der Waals surface area (Å²) in [6.45, 7) is 6.55. The molecule has 0 aliphatic carbocycles. The molecule has 1 aromatic heterocycles. The van der Waals surface area contributed by atoms with Crippen LogP contribution in [0.2, 0.25) is 0 Å². The quantitative estimate of drug-likeness (QED) is 0.542. The van der Waals surface area contributed by atoms with Gasteiger partial charge in [0.1, 0.15) is 11.4 Å². The Morgan fingerprint density at radius 2 is 1.78 bits per heavy atom. The molecule has 122 valence electrons. The summed E-state index contributed by atoms with van der Waals surface area (Å²) >= 11 is 0. The van der Waals surface area contributed by atoms with Crippen molar-refractivity contribution in [3.63, 3.8) is 0 Å². The van der Waals surface area contributed by atoms with Crippen molar-refractivity contribution in [3.05, 3.63) is 59.4 Å². The van der Waals surface area contributed by atoms with Crippen LogP contribution < -0.4 is 4.74 Å². The van der Waals surface area contributed by atoms with Crippen LogP contribution in [0.4, 0.5) is 0 Å². The predicted molar refractivity (Wildman–Crippen MR) is 92.8 cm³/mol. The number of rotatable bonds is 7. The smallest absolute Gasteiger partial charge is 0.362 e. The summed E-state index contributed by atoms with van der Waals surface area (Å²) in [5.41, 5.74) is 2.74. The van der Waals surface area contributed by atoms with Crippen LogP contribution in [0.5, 0.6) is 5.75 Å². The van der Waals surface area contributed by atoms with E-state index in [1.54, 1.807) is 12.3 Å². The molecule has 0 saturated heterocycles. The summed E-state index contributed by atoms with van der Waals surface area (Å²) in [5, 5.41) is 0. The van der Waals surface area contributed by atoms with Crippen LogP contribution in [0.25, 0.3) is 0 Å².